The molecule has 4 rings (SSSR count). The number of aliphatic hydroxyl groups excluding tert-OH is 1. The molecular weight excluding hydrogens is 486 g/mol. The average Bonchev–Trinajstić information content (AvgIpc) is 3.18. The van der Waals surface area contributed by atoms with Gasteiger partial charge < -0.3 is 25.7 Å². The van der Waals surface area contributed by atoms with Crippen molar-refractivity contribution in [1.29, 1.82) is 0 Å². The molecule has 4 aliphatic rings. The molecule has 2 amide bonds. The summed E-state index contributed by atoms with van der Waals surface area (Å²) in [5.74, 6) is -0.186. The Morgan fingerprint density at radius 1 is 1.11 bits per heavy atom. The van der Waals surface area contributed by atoms with Crippen LogP contribution in [0.4, 0.5) is 0 Å². The Morgan fingerprint density at radius 3 is 2.58 bits per heavy atom. The molecule has 9 heteroatoms. The van der Waals surface area contributed by atoms with Crippen molar-refractivity contribution in [1.82, 2.24) is 10.6 Å². The lowest BCUT2D eigenvalue weighted by Crippen LogP contribution is -2.51. The highest BCUT2D eigenvalue weighted by Gasteiger charge is 2.58. The summed E-state index contributed by atoms with van der Waals surface area (Å²) in [6, 6.07) is -1.86. The number of hydrogen-bond donors (Lipinski definition) is 4. The Bertz CT molecular complexity index is 995. The lowest BCUT2D eigenvalue weighted by molar-refractivity contribution is -0.142. The zero-order valence-corrected chi connectivity index (χ0v) is 23.3. The molecule has 4 aliphatic carbocycles. The predicted molar refractivity (Wildman–Crippen MR) is 143 cm³/mol. The number of aliphatic carboxylic acids is 1. The minimum Gasteiger partial charge on any atom is -0.480 e. The van der Waals surface area contributed by atoms with Gasteiger partial charge in [-0.15, -0.1) is 0 Å². The number of carboxylic acids is 1. The Labute approximate surface area is 225 Å². The monoisotopic (exact) mass is 531 g/mol. The van der Waals surface area contributed by atoms with Crippen LogP contribution in [-0.4, -0.2) is 58.5 Å². The molecule has 3 fully saturated rings. The van der Waals surface area contributed by atoms with Gasteiger partial charge in [0.05, 0.1) is 11.8 Å². The van der Waals surface area contributed by atoms with E-state index in [1.165, 1.54) is 18.9 Å². The molecule has 9 nitrogen and oxygen atoms in total. The fourth-order valence-electron chi connectivity index (χ4n) is 7.98. The third kappa shape index (κ3) is 5.49. The highest BCUT2D eigenvalue weighted by atomic mass is 16.6. The quantitative estimate of drug-likeness (QED) is 0.336. The standard InChI is InChI=1S/C29H45N3O6/c1-5-6-23(27(36)37)31-26(35)17(2)30-25(34)16-38-32-19-11-13-28(3)18(15-19)7-8-20-21-9-10-24(33)29(21,4)14-12-22(20)28/h15,17,20-24,33H,5-14,16H2,1-4H3,(H,30,34)(H,31,35)(H,36,37)/b32-19-/t17-,20-,21-,22-,23-,24+,28-,29-/m0/s1. The molecule has 4 N–H and O–H groups in total. The first kappa shape index (κ1) is 28.6. The normalized spacial score (nSPS) is 36.7. The third-order valence-electron chi connectivity index (χ3n) is 10.3. The maximum Gasteiger partial charge on any atom is 0.326 e. The summed E-state index contributed by atoms with van der Waals surface area (Å²) >= 11 is 0. The molecule has 0 aromatic heterocycles. The highest BCUT2D eigenvalue weighted by molar-refractivity contribution is 5.96. The molecule has 0 unspecified atom stereocenters. The number of nitrogens with zero attached hydrogens (tertiary/aromatic N) is 1. The van der Waals surface area contributed by atoms with Crippen LogP contribution in [0.25, 0.3) is 0 Å². The summed E-state index contributed by atoms with van der Waals surface area (Å²) in [7, 11) is 0. The number of allylic oxidation sites excluding steroid dienone is 2. The van der Waals surface area contributed by atoms with Crippen LogP contribution in [0.15, 0.2) is 16.8 Å². The minimum absolute atomic E-state index is 0.0834. The number of rotatable bonds is 9. The molecule has 0 radical (unpaired) electrons. The molecule has 0 aliphatic heterocycles. The first-order valence-corrected chi connectivity index (χ1v) is 14.4. The van der Waals surface area contributed by atoms with E-state index < -0.39 is 29.9 Å². The minimum atomic E-state index is -1.09. The zero-order chi connectivity index (χ0) is 27.7. The largest absolute Gasteiger partial charge is 0.480 e. The molecule has 0 aromatic carbocycles. The molecule has 8 atom stereocenters. The van der Waals surface area contributed by atoms with Crippen molar-refractivity contribution >= 4 is 23.5 Å². The SMILES string of the molecule is CCC[C@H](NC(=O)[C@H](C)NC(=O)CO/N=C1\C=C2CC[C@H]3[C@@H]4CC[C@@H](O)[C@@]4(C)CC[C@@H]3[C@@]2(C)CC1)C(=O)O. The second-order valence-electron chi connectivity index (χ2n) is 12.5. The van der Waals surface area contributed by atoms with Gasteiger partial charge in [0.15, 0.2) is 6.61 Å². The Hall–Kier alpha value is -2.42. The maximum atomic E-state index is 12.3. The third-order valence-corrected chi connectivity index (χ3v) is 10.3. The predicted octanol–water partition coefficient (Wildman–Crippen LogP) is 3.56. The van der Waals surface area contributed by atoms with Gasteiger partial charge in [0.1, 0.15) is 12.1 Å². The van der Waals surface area contributed by atoms with E-state index in [1.54, 1.807) is 0 Å². The van der Waals surface area contributed by atoms with Crippen molar-refractivity contribution in [2.24, 2.45) is 33.7 Å². The number of oxime groups is 1. The average molecular weight is 532 g/mol. The van der Waals surface area contributed by atoms with Gasteiger partial charge in [0.25, 0.3) is 5.91 Å². The van der Waals surface area contributed by atoms with E-state index >= 15 is 0 Å². The summed E-state index contributed by atoms with van der Waals surface area (Å²) in [4.78, 5) is 41.2. The van der Waals surface area contributed by atoms with Crippen LogP contribution in [0.5, 0.6) is 0 Å². The summed E-state index contributed by atoms with van der Waals surface area (Å²) in [5, 5.41) is 29.1. The van der Waals surface area contributed by atoms with Gasteiger partial charge in [-0.25, -0.2) is 4.79 Å². The van der Waals surface area contributed by atoms with E-state index in [0.717, 1.165) is 50.7 Å². The van der Waals surface area contributed by atoms with E-state index in [-0.39, 0.29) is 23.5 Å². The molecule has 0 saturated heterocycles. The van der Waals surface area contributed by atoms with Gasteiger partial charge in [-0.3, -0.25) is 9.59 Å². The van der Waals surface area contributed by atoms with E-state index in [1.807, 2.05) is 6.92 Å². The number of nitrogens with one attached hydrogen (secondary N) is 2. The van der Waals surface area contributed by atoms with Crippen molar-refractivity contribution in [3.05, 3.63) is 11.6 Å². The molecular formula is C29H45N3O6. The number of carboxylic acid groups (broad SMARTS) is 1. The second kappa shape index (κ2) is 11.4. The van der Waals surface area contributed by atoms with Crippen LogP contribution in [0, 0.1) is 28.6 Å². The molecule has 0 spiro atoms. The van der Waals surface area contributed by atoms with E-state index in [9.17, 15) is 24.6 Å². The van der Waals surface area contributed by atoms with Gasteiger partial charge in [0.2, 0.25) is 5.91 Å². The van der Waals surface area contributed by atoms with E-state index in [4.69, 9.17) is 4.84 Å². The number of amides is 2. The number of aliphatic hydroxyl groups is 1. The van der Waals surface area contributed by atoms with Gasteiger partial charge in [-0.05, 0) is 99.4 Å². The van der Waals surface area contributed by atoms with Crippen molar-refractivity contribution in [2.45, 2.75) is 110 Å². The molecule has 3 saturated carbocycles. The van der Waals surface area contributed by atoms with Gasteiger partial charge in [0, 0.05) is 0 Å². The fraction of sp³-hybridized carbons (Fsp3) is 0.793. The Kier molecular flexibility index (Phi) is 8.55. The zero-order valence-electron chi connectivity index (χ0n) is 23.3. The van der Waals surface area contributed by atoms with E-state index in [0.29, 0.717) is 30.6 Å². The van der Waals surface area contributed by atoms with Gasteiger partial charge in [-0.2, -0.15) is 0 Å². The summed E-state index contributed by atoms with van der Waals surface area (Å²) in [6.45, 7) is 7.76. The summed E-state index contributed by atoms with van der Waals surface area (Å²) < 4.78 is 0. The number of carbonyl (C=O) groups excluding carboxylic acids is 2. The molecule has 0 bridgehead atoms. The molecule has 212 valence electrons. The topological polar surface area (TPSA) is 137 Å². The van der Waals surface area contributed by atoms with Crippen LogP contribution < -0.4 is 10.6 Å². The van der Waals surface area contributed by atoms with Crippen LogP contribution in [0.2, 0.25) is 0 Å². The fourth-order valence-corrected chi connectivity index (χ4v) is 7.98. The van der Waals surface area contributed by atoms with Crippen LogP contribution in [0.3, 0.4) is 0 Å². The van der Waals surface area contributed by atoms with Crippen molar-refractivity contribution in [3.8, 4) is 0 Å². The number of hydrogen-bond acceptors (Lipinski definition) is 6. The number of carbonyl (C=O) groups is 3. The number of fused-ring (bicyclic) bond motifs is 5. The molecule has 38 heavy (non-hydrogen) atoms. The summed E-state index contributed by atoms with van der Waals surface area (Å²) in [6.07, 6.45) is 11.3. The highest BCUT2D eigenvalue weighted by Crippen LogP contribution is 2.65. The molecule has 0 aromatic rings. The summed E-state index contributed by atoms with van der Waals surface area (Å²) in [5.41, 5.74) is 2.52. The smallest absolute Gasteiger partial charge is 0.326 e. The van der Waals surface area contributed by atoms with Crippen molar-refractivity contribution in [3.63, 3.8) is 0 Å². The van der Waals surface area contributed by atoms with Gasteiger partial charge >= 0.3 is 5.97 Å². The van der Waals surface area contributed by atoms with Gasteiger partial charge in [-0.1, -0.05) is 37.9 Å². The van der Waals surface area contributed by atoms with Crippen LogP contribution >= 0.6 is 0 Å². The maximum absolute atomic E-state index is 12.3. The second-order valence-corrected chi connectivity index (χ2v) is 12.5. The molecule has 0 heterocycles. The first-order chi connectivity index (χ1) is 18.0. The van der Waals surface area contributed by atoms with Crippen molar-refractivity contribution in [2.75, 3.05) is 6.61 Å². The van der Waals surface area contributed by atoms with Crippen LogP contribution in [-0.2, 0) is 19.2 Å². The Balaban J connectivity index is 1.30. The Morgan fingerprint density at radius 2 is 1.87 bits per heavy atom. The lowest BCUT2D eigenvalue weighted by atomic mass is 9.47. The van der Waals surface area contributed by atoms with Crippen molar-refractivity contribution < 1.29 is 29.4 Å². The van der Waals surface area contributed by atoms with Crippen LogP contribution in [0.1, 0.15) is 91.9 Å². The first-order valence-electron chi connectivity index (χ1n) is 14.4. The van der Waals surface area contributed by atoms with E-state index in [2.05, 4.69) is 35.7 Å². The lowest BCUT2D eigenvalue weighted by Gasteiger charge is -2.57.